The molecular weight excluding hydrogens is 438 g/mol. The normalized spacial score (nSPS) is 34.9. The van der Waals surface area contributed by atoms with Crippen LogP contribution in [0, 0.1) is 0 Å². The van der Waals surface area contributed by atoms with E-state index in [2.05, 4.69) is 15.0 Å². The van der Waals surface area contributed by atoms with E-state index in [-0.39, 0.29) is 17.1 Å². The number of aromatic amines is 1. The highest BCUT2D eigenvalue weighted by atomic mass is 32.5. The maximum atomic E-state index is 15.4. The molecule has 15 heteroatoms. The minimum absolute atomic E-state index is 0.124. The van der Waals surface area contributed by atoms with Gasteiger partial charge in [-0.05, 0) is 25.7 Å². The Labute approximate surface area is 166 Å². The van der Waals surface area contributed by atoms with Gasteiger partial charge in [0.25, 0.3) is 12.0 Å². The van der Waals surface area contributed by atoms with Crippen molar-refractivity contribution in [3.05, 3.63) is 16.7 Å². The maximum Gasteiger partial charge on any atom is 0.328 e. The Morgan fingerprint density at radius 3 is 2.90 bits per heavy atom. The lowest BCUT2D eigenvalue weighted by molar-refractivity contribution is -0.204. The number of aromatic nitrogens is 4. The Balaban J connectivity index is 1.76. The molecule has 4 heterocycles. The second-order valence-corrected chi connectivity index (χ2v) is 9.80. The number of anilines is 1. The molecule has 10 nitrogen and oxygen atoms in total. The van der Waals surface area contributed by atoms with Crippen molar-refractivity contribution in [1.29, 1.82) is 0 Å². The van der Waals surface area contributed by atoms with E-state index in [0.29, 0.717) is 0 Å². The molecule has 160 valence electrons. The highest BCUT2D eigenvalue weighted by Gasteiger charge is 2.67. The van der Waals surface area contributed by atoms with Crippen LogP contribution in [0.15, 0.2) is 11.1 Å². The van der Waals surface area contributed by atoms with Crippen LogP contribution in [0.5, 0.6) is 0 Å². The van der Waals surface area contributed by atoms with E-state index in [1.54, 1.807) is 13.8 Å². The van der Waals surface area contributed by atoms with Crippen LogP contribution in [0.25, 0.3) is 11.2 Å². The third-order valence-electron chi connectivity index (χ3n) is 4.51. The van der Waals surface area contributed by atoms with Gasteiger partial charge in [-0.25, -0.2) is 18.2 Å². The summed E-state index contributed by atoms with van der Waals surface area (Å²) in [5.41, 5.74) is 2.16. The van der Waals surface area contributed by atoms with Gasteiger partial charge in [-0.1, -0.05) is 0 Å². The molecule has 0 bridgehead atoms. The second-order valence-electron chi connectivity index (χ2n) is 6.88. The van der Waals surface area contributed by atoms with Gasteiger partial charge in [0.15, 0.2) is 29.2 Å². The lowest BCUT2D eigenvalue weighted by Gasteiger charge is -2.41. The van der Waals surface area contributed by atoms with Gasteiger partial charge in [0.05, 0.1) is 19.0 Å². The number of rotatable bonds is 4. The number of hydrogen-bond donors (Lipinski definition) is 2. The number of alkyl halides is 3. The van der Waals surface area contributed by atoms with Crippen molar-refractivity contribution in [1.82, 2.24) is 19.5 Å². The van der Waals surface area contributed by atoms with Crippen molar-refractivity contribution >= 4 is 35.6 Å². The lowest BCUT2D eigenvalue weighted by Crippen LogP contribution is -2.55. The minimum Gasteiger partial charge on any atom is -0.369 e. The third kappa shape index (κ3) is 3.27. The third-order valence-corrected chi connectivity index (χ3v) is 6.95. The Morgan fingerprint density at radius 1 is 1.52 bits per heavy atom. The summed E-state index contributed by atoms with van der Waals surface area (Å²) >= 11 is 5.18. The highest BCUT2D eigenvalue weighted by Crippen LogP contribution is 2.62. The fourth-order valence-electron chi connectivity index (χ4n) is 3.28. The summed E-state index contributed by atoms with van der Waals surface area (Å²) < 4.78 is 65.9. The van der Waals surface area contributed by atoms with E-state index in [1.165, 1.54) is 0 Å². The van der Waals surface area contributed by atoms with E-state index in [0.717, 1.165) is 10.9 Å². The molecule has 5 atom stereocenters. The van der Waals surface area contributed by atoms with E-state index in [9.17, 15) is 13.6 Å². The number of halogens is 3. The largest absolute Gasteiger partial charge is 0.369 e. The molecule has 3 N–H and O–H groups in total. The number of H-pyrrole nitrogens is 1. The first kappa shape index (κ1) is 20.7. The van der Waals surface area contributed by atoms with Crippen molar-refractivity contribution in [2.24, 2.45) is 0 Å². The molecule has 2 aromatic heterocycles. The Morgan fingerprint density at radius 2 is 2.24 bits per heavy atom. The quantitative estimate of drug-likeness (QED) is 0.662. The summed E-state index contributed by atoms with van der Waals surface area (Å²) in [5.74, 6) is -0.251. The molecule has 2 aliphatic rings. The monoisotopic (exact) mass is 455 g/mol. The van der Waals surface area contributed by atoms with Gasteiger partial charge in [-0.15, -0.1) is 0 Å². The zero-order valence-corrected chi connectivity index (χ0v) is 16.8. The summed E-state index contributed by atoms with van der Waals surface area (Å²) in [7, 11) is 0. The number of fused-ring (bicyclic) bond motifs is 2. The SMILES string of the molecule is CC(C)OP1(=S)OC[C@@]2(C(F)F)O[C@@H](n3cnc4c(=O)[nH]c(N)nc43)[C@@H](F)[C@@H]2O1. The topological polar surface area (TPSA) is 127 Å². The van der Waals surface area contributed by atoms with E-state index in [4.69, 9.17) is 35.8 Å². The van der Waals surface area contributed by atoms with Gasteiger partial charge in [0, 0.05) is 0 Å². The molecular formula is C14H17F3N5O5PS. The van der Waals surface area contributed by atoms with Crippen molar-refractivity contribution in [2.75, 3.05) is 12.3 Å². The molecule has 1 unspecified atom stereocenters. The molecule has 0 aliphatic carbocycles. The summed E-state index contributed by atoms with van der Waals surface area (Å²) in [5, 5.41) is 0. The zero-order chi connectivity index (χ0) is 21.1. The molecule has 2 fully saturated rings. The summed E-state index contributed by atoms with van der Waals surface area (Å²) in [6.45, 7) is -0.876. The average Bonchev–Trinajstić information content (AvgIpc) is 3.14. The van der Waals surface area contributed by atoms with Crippen LogP contribution >= 0.6 is 6.72 Å². The number of imidazole rings is 1. The van der Waals surface area contributed by atoms with Gasteiger partial charge >= 0.3 is 6.72 Å². The van der Waals surface area contributed by atoms with Gasteiger partial charge < -0.3 is 19.5 Å². The first-order valence-electron chi connectivity index (χ1n) is 8.50. The molecule has 2 aromatic rings. The fraction of sp³-hybridized carbons (Fsp3) is 0.643. The maximum absolute atomic E-state index is 15.4. The predicted molar refractivity (Wildman–Crippen MR) is 97.6 cm³/mol. The number of nitrogens with zero attached hydrogens (tertiary/aromatic N) is 3. The van der Waals surface area contributed by atoms with Crippen molar-refractivity contribution in [2.45, 2.75) is 50.5 Å². The minimum atomic E-state index is -3.46. The molecule has 0 amide bonds. The second kappa shape index (κ2) is 7.00. The summed E-state index contributed by atoms with van der Waals surface area (Å²) in [6, 6.07) is 0. The van der Waals surface area contributed by atoms with E-state index in [1.807, 2.05) is 0 Å². The van der Waals surface area contributed by atoms with E-state index >= 15 is 4.39 Å². The first-order chi connectivity index (χ1) is 13.6. The van der Waals surface area contributed by atoms with Gasteiger partial charge in [-0.3, -0.25) is 18.9 Å². The van der Waals surface area contributed by atoms with Crippen LogP contribution < -0.4 is 11.3 Å². The number of nitrogen functional groups attached to an aromatic ring is 1. The van der Waals surface area contributed by atoms with Crippen LogP contribution in [0.1, 0.15) is 20.1 Å². The van der Waals surface area contributed by atoms with E-state index < -0.39 is 55.5 Å². The van der Waals surface area contributed by atoms with Crippen LogP contribution in [0.4, 0.5) is 19.1 Å². The van der Waals surface area contributed by atoms with Crippen LogP contribution in [-0.4, -0.2) is 56.5 Å². The number of ether oxygens (including phenoxy) is 1. The molecule has 2 aliphatic heterocycles. The van der Waals surface area contributed by atoms with Crippen molar-refractivity contribution < 1.29 is 31.5 Å². The number of nitrogens with two attached hydrogens (primary N) is 1. The molecule has 4 rings (SSSR count). The lowest BCUT2D eigenvalue weighted by atomic mass is 9.97. The van der Waals surface area contributed by atoms with Gasteiger partial charge in [0.2, 0.25) is 5.95 Å². The van der Waals surface area contributed by atoms with Gasteiger partial charge in [-0.2, -0.15) is 4.98 Å². The Kier molecular flexibility index (Phi) is 4.99. The first-order valence-corrected chi connectivity index (χ1v) is 11.1. The predicted octanol–water partition coefficient (Wildman–Crippen LogP) is 1.64. The molecule has 0 aromatic carbocycles. The Hall–Kier alpha value is -1.57. The average molecular weight is 455 g/mol. The Bertz CT molecular complexity index is 1050. The number of nitrogens with one attached hydrogen (secondary N) is 1. The molecule has 0 saturated carbocycles. The molecule has 0 radical (unpaired) electrons. The fourth-order valence-corrected chi connectivity index (χ4v) is 5.85. The summed E-state index contributed by atoms with van der Waals surface area (Å²) in [4.78, 5) is 21.9. The highest BCUT2D eigenvalue weighted by molar-refractivity contribution is 8.07. The van der Waals surface area contributed by atoms with Crippen LogP contribution in [-0.2, 0) is 30.1 Å². The van der Waals surface area contributed by atoms with Crippen LogP contribution in [0.2, 0.25) is 0 Å². The molecule has 29 heavy (non-hydrogen) atoms. The summed E-state index contributed by atoms with van der Waals surface area (Å²) in [6.07, 6.45) is -8.02. The van der Waals surface area contributed by atoms with Crippen LogP contribution in [0.3, 0.4) is 0 Å². The molecule has 2 saturated heterocycles. The molecule has 0 spiro atoms. The van der Waals surface area contributed by atoms with Crippen molar-refractivity contribution in [3.8, 4) is 0 Å². The van der Waals surface area contributed by atoms with Gasteiger partial charge in [0.1, 0.15) is 6.10 Å². The zero-order valence-electron chi connectivity index (χ0n) is 15.1. The standard InChI is InChI=1S/C14H17F3N5O5PS/c1-5(2)26-28(29)24-3-14(12(16)17)8(27-28)6(15)11(25-14)22-4-19-7-9(22)20-13(18)21-10(7)23/h4-6,8,11-12H,3H2,1-2H3,(H3,18,20,21,23)/t6-,8-,11+,14+,28?/m0/s1. The van der Waals surface area contributed by atoms with Crippen molar-refractivity contribution in [3.63, 3.8) is 0 Å². The number of hydrogen-bond acceptors (Lipinski definition) is 9. The smallest absolute Gasteiger partial charge is 0.328 e.